The van der Waals surface area contributed by atoms with Gasteiger partial charge in [0.15, 0.2) is 0 Å². The standard InChI is InChI=1S/C31H41N3O2/c1-23-17-24-19-25(18-23)21-31(2,20-24)30(36)32-22-28(35)33-13-15-34(16-14-33)29(26-9-5-3-6-10-26)27-11-7-4-8-12-27/h3-12,23-25,29H,13-22H2,1-2H3,(H,32,36). The Morgan fingerprint density at radius 2 is 1.39 bits per heavy atom. The Kier molecular flexibility index (Phi) is 7.47. The summed E-state index contributed by atoms with van der Waals surface area (Å²) in [7, 11) is 0. The maximum absolute atomic E-state index is 13.2. The molecule has 2 atom stereocenters. The van der Waals surface area contributed by atoms with Gasteiger partial charge in [-0.1, -0.05) is 74.5 Å². The summed E-state index contributed by atoms with van der Waals surface area (Å²) >= 11 is 0. The highest BCUT2D eigenvalue weighted by Crippen LogP contribution is 2.50. The topological polar surface area (TPSA) is 52.7 Å². The number of nitrogens with zero attached hydrogens (tertiary/aromatic N) is 2. The summed E-state index contributed by atoms with van der Waals surface area (Å²) in [5, 5.41) is 3.03. The molecule has 0 spiro atoms. The first-order valence-electron chi connectivity index (χ1n) is 13.8. The molecule has 2 saturated carbocycles. The molecule has 192 valence electrons. The molecule has 2 unspecified atom stereocenters. The van der Waals surface area contributed by atoms with E-state index in [9.17, 15) is 9.59 Å². The molecule has 5 heteroatoms. The highest BCUT2D eigenvalue weighted by atomic mass is 16.2. The lowest BCUT2D eigenvalue weighted by Crippen LogP contribution is -2.53. The van der Waals surface area contributed by atoms with Crippen LogP contribution in [0.15, 0.2) is 60.7 Å². The van der Waals surface area contributed by atoms with E-state index >= 15 is 0 Å². The van der Waals surface area contributed by atoms with Crippen LogP contribution in [0.3, 0.4) is 0 Å². The van der Waals surface area contributed by atoms with Crippen LogP contribution < -0.4 is 5.32 Å². The predicted octanol–water partition coefficient (Wildman–Crippen LogP) is 4.89. The van der Waals surface area contributed by atoms with E-state index in [2.05, 4.69) is 84.7 Å². The van der Waals surface area contributed by atoms with Crippen LogP contribution >= 0.6 is 0 Å². The molecule has 0 aromatic heterocycles. The molecule has 5 nitrogen and oxygen atoms in total. The summed E-state index contributed by atoms with van der Waals surface area (Å²) in [6, 6.07) is 21.4. The fraction of sp³-hybridized carbons (Fsp3) is 0.548. The van der Waals surface area contributed by atoms with E-state index in [1.54, 1.807) is 0 Å². The SMILES string of the molecule is CC1CC2CC(C1)CC(C)(C(=O)NCC(=O)N1CCN(C(c3ccccc3)c3ccccc3)CC1)C2. The van der Waals surface area contributed by atoms with Crippen LogP contribution in [-0.4, -0.2) is 54.3 Å². The fourth-order valence-electron chi connectivity index (χ4n) is 7.37. The van der Waals surface area contributed by atoms with Crippen LogP contribution in [0, 0.1) is 23.2 Å². The van der Waals surface area contributed by atoms with Crippen LogP contribution in [0.2, 0.25) is 0 Å². The van der Waals surface area contributed by atoms with Gasteiger partial charge in [0.1, 0.15) is 0 Å². The van der Waals surface area contributed by atoms with E-state index in [-0.39, 0.29) is 29.8 Å². The average molecular weight is 488 g/mol. The normalized spacial score (nSPS) is 28.6. The molecule has 0 radical (unpaired) electrons. The lowest BCUT2D eigenvalue weighted by Gasteiger charge is -2.46. The molecular weight excluding hydrogens is 446 g/mol. The number of rotatable bonds is 6. The lowest BCUT2D eigenvalue weighted by molar-refractivity contribution is -0.139. The zero-order valence-electron chi connectivity index (χ0n) is 21.9. The third kappa shape index (κ3) is 5.51. The Balaban J connectivity index is 1.16. The second kappa shape index (κ2) is 10.8. The summed E-state index contributed by atoms with van der Waals surface area (Å²) in [5.41, 5.74) is 2.22. The minimum absolute atomic E-state index is 0.0344. The number of carbonyl (C=O) groups is 2. The quantitative estimate of drug-likeness (QED) is 0.631. The molecule has 36 heavy (non-hydrogen) atoms. The van der Waals surface area contributed by atoms with E-state index in [0.29, 0.717) is 24.9 Å². The third-order valence-corrected chi connectivity index (χ3v) is 8.83. The number of benzene rings is 2. The molecule has 3 aliphatic rings. The fourth-order valence-corrected chi connectivity index (χ4v) is 7.37. The van der Waals surface area contributed by atoms with Crippen molar-refractivity contribution >= 4 is 11.8 Å². The molecule has 5 rings (SSSR count). The maximum atomic E-state index is 13.2. The summed E-state index contributed by atoms with van der Waals surface area (Å²) in [6.45, 7) is 7.58. The van der Waals surface area contributed by atoms with Gasteiger partial charge in [-0.05, 0) is 61.0 Å². The highest BCUT2D eigenvalue weighted by molar-refractivity contribution is 5.87. The lowest BCUT2D eigenvalue weighted by atomic mass is 9.59. The number of fused-ring (bicyclic) bond motifs is 2. The Morgan fingerprint density at radius 3 is 1.92 bits per heavy atom. The minimum Gasteiger partial charge on any atom is -0.347 e. The molecule has 2 amide bonds. The van der Waals surface area contributed by atoms with Gasteiger partial charge in [-0.2, -0.15) is 0 Å². The van der Waals surface area contributed by atoms with Crippen LogP contribution in [0.4, 0.5) is 0 Å². The van der Waals surface area contributed by atoms with Crippen molar-refractivity contribution in [1.29, 1.82) is 0 Å². The second-order valence-electron chi connectivity index (χ2n) is 11.8. The Hall–Kier alpha value is -2.66. The van der Waals surface area contributed by atoms with Crippen LogP contribution in [-0.2, 0) is 9.59 Å². The van der Waals surface area contributed by atoms with Crippen molar-refractivity contribution in [1.82, 2.24) is 15.1 Å². The largest absolute Gasteiger partial charge is 0.347 e. The number of carbonyl (C=O) groups excluding carboxylic acids is 2. The molecule has 2 aromatic rings. The van der Waals surface area contributed by atoms with E-state index < -0.39 is 0 Å². The van der Waals surface area contributed by atoms with Crippen molar-refractivity contribution in [3.05, 3.63) is 71.8 Å². The number of piperazine rings is 1. The van der Waals surface area contributed by atoms with Crippen molar-refractivity contribution in [2.75, 3.05) is 32.7 Å². The molecule has 3 fully saturated rings. The van der Waals surface area contributed by atoms with Crippen molar-refractivity contribution < 1.29 is 9.59 Å². The Bertz CT molecular complexity index is 975. The molecule has 2 bridgehead atoms. The van der Waals surface area contributed by atoms with Crippen LogP contribution in [0.5, 0.6) is 0 Å². The van der Waals surface area contributed by atoms with Gasteiger partial charge in [0.05, 0.1) is 12.6 Å². The zero-order valence-corrected chi connectivity index (χ0v) is 21.9. The summed E-state index contributed by atoms with van der Waals surface area (Å²) in [4.78, 5) is 30.6. The summed E-state index contributed by atoms with van der Waals surface area (Å²) in [5.74, 6) is 2.22. The van der Waals surface area contributed by atoms with Gasteiger partial charge < -0.3 is 10.2 Å². The van der Waals surface area contributed by atoms with E-state index in [0.717, 1.165) is 31.8 Å². The Morgan fingerprint density at radius 1 is 0.861 bits per heavy atom. The average Bonchev–Trinajstić information content (AvgIpc) is 2.88. The van der Waals surface area contributed by atoms with Gasteiger partial charge in [-0.15, -0.1) is 0 Å². The van der Waals surface area contributed by atoms with Crippen LogP contribution in [0.25, 0.3) is 0 Å². The first-order valence-corrected chi connectivity index (χ1v) is 13.8. The minimum atomic E-state index is -0.328. The number of hydrogen-bond donors (Lipinski definition) is 1. The smallest absolute Gasteiger partial charge is 0.242 e. The van der Waals surface area contributed by atoms with Gasteiger partial charge in [-0.3, -0.25) is 14.5 Å². The molecule has 1 N–H and O–H groups in total. The van der Waals surface area contributed by atoms with E-state index in [1.165, 1.54) is 30.4 Å². The van der Waals surface area contributed by atoms with Gasteiger partial charge in [-0.25, -0.2) is 0 Å². The van der Waals surface area contributed by atoms with Crippen molar-refractivity contribution in [2.24, 2.45) is 23.2 Å². The van der Waals surface area contributed by atoms with E-state index in [4.69, 9.17) is 0 Å². The highest BCUT2D eigenvalue weighted by Gasteiger charge is 2.45. The van der Waals surface area contributed by atoms with Gasteiger partial charge in [0.2, 0.25) is 11.8 Å². The number of hydrogen-bond acceptors (Lipinski definition) is 3. The summed E-state index contributed by atoms with van der Waals surface area (Å²) < 4.78 is 0. The molecular formula is C31H41N3O2. The molecule has 2 aromatic carbocycles. The van der Waals surface area contributed by atoms with Crippen molar-refractivity contribution in [3.63, 3.8) is 0 Å². The van der Waals surface area contributed by atoms with Gasteiger partial charge in [0.25, 0.3) is 0 Å². The number of nitrogens with one attached hydrogen (secondary N) is 1. The molecule has 1 heterocycles. The zero-order chi connectivity index (χ0) is 25.1. The molecule has 2 aliphatic carbocycles. The number of amides is 2. The van der Waals surface area contributed by atoms with Gasteiger partial charge in [0, 0.05) is 31.6 Å². The predicted molar refractivity (Wildman–Crippen MR) is 143 cm³/mol. The van der Waals surface area contributed by atoms with Crippen LogP contribution in [0.1, 0.15) is 63.1 Å². The first kappa shape index (κ1) is 25.0. The van der Waals surface area contributed by atoms with Gasteiger partial charge >= 0.3 is 0 Å². The summed E-state index contributed by atoms with van der Waals surface area (Å²) in [6.07, 6.45) is 5.70. The third-order valence-electron chi connectivity index (χ3n) is 8.83. The second-order valence-corrected chi connectivity index (χ2v) is 11.8. The van der Waals surface area contributed by atoms with E-state index in [1.807, 2.05) is 4.90 Å². The van der Waals surface area contributed by atoms with Crippen molar-refractivity contribution in [2.45, 2.75) is 52.0 Å². The van der Waals surface area contributed by atoms with Crippen molar-refractivity contribution in [3.8, 4) is 0 Å². The monoisotopic (exact) mass is 487 g/mol. The Labute approximate surface area is 216 Å². The molecule has 1 saturated heterocycles. The molecule has 1 aliphatic heterocycles. The first-order chi connectivity index (χ1) is 17.4. The maximum Gasteiger partial charge on any atom is 0.242 e.